The van der Waals surface area contributed by atoms with E-state index in [1.165, 1.54) is 30.2 Å². The first kappa shape index (κ1) is 39.8. The minimum atomic E-state index is -1.67. The maximum atomic E-state index is 12.8. The lowest BCUT2D eigenvalue weighted by atomic mass is 9.98. The van der Waals surface area contributed by atoms with E-state index < -0.39 is 78.6 Å². The van der Waals surface area contributed by atoms with Gasteiger partial charge >= 0.3 is 12.1 Å². The number of fused-ring (bicyclic) bond motifs is 1. The lowest BCUT2D eigenvalue weighted by Gasteiger charge is -2.55. The largest absolute Gasteiger partial charge is 0.477 e. The number of hydrogen-bond acceptors (Lipinski definition) is 17. The summed E-state index contributed by atoms with van der Waals surface area (Å²) in [6.45, 7) is -1.50. The second-order valence-corrected chi connectivity index (χ2v) is 11.9. The van der Waals surface area contributed by atoms with Crippen molar-refractivity contribution < 1.29 is 74.0 Å². The molecule has 0 aliphatic carbocycles. The molecule has 2 saturated heterocycles. The number of β-lactam (4-membered cyclic amide) rings is 1. The number of hydrogen-bond donors (Lipinski definition) is 11. The summed E-state index contributed by atoms with van der Waals surface area (Å²) in [7, 11) is 1.27. The molecule has 20 nitrogen and oxygen atoms in total. The number of carbonyl (C=O) groups excluding carboxylic acids is 4. The molecule has 1 aromatic rings. The molecule has 4 amide bonds. The number of aliphatic hydroxyl groups is 6. The van der Waals surface area contributed by atoms with Crippen LogP contribution in [0.4, 0.5) is 4.79 Å². The van der Waals surface area contributed by atoms with Crippen molar-refractivity contribution in [3.05, 3.63) is 33.7 Å². The fourth-order valence-electron chi connectivity index (χ4n) is 4.06. The maximum absolute atomic E-state index is 12.8. The second kappa shape index (κ2) is 18.2. The topological polar surface area (TPSA) is 334 Å². The molecule has 4 heterocycles. The van der Waals surface area contributed by atoms with Crippen LogP contribution in [0.15, 0.2) is 28.8 Å². The van der Waals surface area contributed by atoms with Crippen LogP contribution in [-0.4, -0.2) is 151 Å². The first-order chi connectivity index (χ1) is 22.1. The van der Waals surface area contributed by atoms with Crippen molar-refractivity contribution in [2.45, 2.75) is 48.0 Å². The van der Waals surface area contributed by atoms with E-state index >= 15 is 0 Å². The highest BCUT2D eigenvalue weighted by atomic mass is 32.2. The predicted molar refractivity (Wildman–Crippen MR) is 159 cm³/mol. The molecule has 22 heteroatoms. The normalized spacial score (nSPS) is 24.1. The van der Waals surface area contributed by atoms with Gasteiger partial charge < -0.3 is 62.0 Å². The Balaban J connectivity index is 0.000000331. The third-order valence-electron chi connectivity index (χ3n) is 6.55. The molecule has 0 saturated carbocycles. The van der Waals surface area contributed by atoms with Crippen molar-refractivity contribution in [3.63, 3.8) is 0 Å². The van der Waals surface area contributed by atoms with Gasteiger partial charge in [-0.25, -0.2) is 15.1 Å². The van der Waals surface area contributed by atoms with Crippen LogP contribution < -0.4 is 22.3 Å². The van der Waals surface area contributed by atoms with Gasteiger partial charge in [-0.15, -0.1) is 23.1 Å². The van der Waals surface area contributed by atoms with Gasteiger partial charge in [-0.05, 0) is 11.4 Å². The molecule has 0 unspecified atom stereocenters. The number of carboxylic acids is 1. The van der Waals surface area contributed by atoms with Crippen LogP contribution in [0, 0.1) is 0 Å². The molecule has 4 rings (SSSR count). The Hall–Kier alpha value is -3.42. The number of aliphatic carboxylic acids is 1. The summed E-state index contributed by atoms with van der Waals surface area (Å²) in [4.78, 5) is 64.3. The van der Waals surface area contributed by atoms with Crippen LogP contribution in [0.1, 0.15) is 4.88 Å². The molecule has 1 aromatic heterocycles. The van der Waals surface area contributed by atoms with E-state index in [0.717, 1.165) is 9.78 Å². The molecule has 47 heavy (non-hydrogen) atoms. The van der Waals surface area contributed by atoms with E-state index in [0.29, 0.717) is 6.61 Å². The van der Waals surface area contributed by atoms with E-state index in [1.807, 2.05) is 11.4 Å². The third-order valence-corrected chi connectivity index (χ3v) is 8.80. The molecular weight excluding hydrogens is 674 g/mol. The van der Waals surface area contributed by atoms with Gasteiger partial charge in [-0.2, -0.15) is 0 Å². The summed E-state index contributed by atoms with van der Waals surface area (Å²) in [5.74, 6) is -2.55. The van der Waals surface area contributed by atoms with Gasteiger partial charge in [0, 0.05) is 23.3 Å². The Morgan fingerprint density at radius 1 is 1.17 bits per heavy atom. The van der Waals surface area contributed by atoms with Crippen molar-refractivity contribution in [2.24, 2.45) is 11.5 Å². The fourth-order valence-corrected chi connectivity index (χ4v) is 6.18. The molecule has 264 valence electrons. The zero-order chi connectivity index (χ0) is 35.5. The van der Waals surface area contributed by atoms with Crippen LogP contribution in [0.3, 0.4) is 0 Å². The molecule has 0 bridgehead atoms. The number of primary amides is 1. The average Bonchev–Trinajstić information content (AvgIpc) is 3.71. The highest BCUT2D eigenvalue weighted by Gasteiger charge is 2.66. The van der Waals surface area contributed by atoms with Crippen molar-refractivity contribution in [1.82, 2.24) is 15.7 Å². The monoisotopic (exact) mass is 711 g/mol. The van der Waals surface area contributed by atoms with E-state index in [9.17, 15) is 29.1 Å². The van der Waals surface area contributed by atoms with Gasteiger partial charge in [0.2, 0.25) is 5.91 Å². The molecule has 3 aliphatic heterocycles. The van der Waals surface area contributed by atoms with E-state index in [-0.39, 0.29) is 36.0 Å². The highest BCUT2D eigenvalue weighted by molar-refractivity contribution is 8.00. The quantitative estimate of drug-likeness (QED) is 0.0713. The molecule has 2 fully saturated rings. The van der Waals surface area contributed by atoms with Gasteiger partial charge in [0.1, 0.15) is 48.1 Å². The number of nitrogens with one attached hydrogen (secondary N) is 2. The van der Waals surface area contributed by atoms with E-state index in [1.54, 1.807) is 6.07 Å². The van der Waals surface area contributed by atoms with Crippen molar-refractivity contribution in [3.8, 4) is 0 Å². The number of aliphatic hydroxyl groups excluding tert-OH is 6. The summed E-state index contributed by atoms with van der Waals surface area (Å²) in [6, 6.07) is 3.15. The van der Waals surface area contributed by atoms with Gasteiger partial charge in [0.15, 0.2) is 0 Å². The number of rotatable bonds is 12. The Kier molecular flexibility index (Phi) is 15.4. The smallest absolute Gasteiger partial charge is 0.404 e. The SMILES string of the molecule is CO[C@@]1(NC(=O)Cc2cccs2)C(=O)N2C(C(=O)O)=C(COC(N)=O)CS[C@@H]21.N[C@@H]1CONC1=O.OC[C@@H](O)[C@@H](O)[C@H](O)[C@H](O)CO. The lowest BCUT2D eigenvalue weighted by molar-refractivity contribution is -0.192. The minimum Gasteiger partial charge on any atom is -0.477 e. The standard InChI is InChI=1S/C16H17N3O7S2.C6H14O6.C3H6N2O2/c1-25-16(18-10(20)5-9-3-2-4-27-9)13(23)19-11(12(21)22)8(6-26-15(17)24)7-28-14(16)19;7-1-3(9)5(11)6(12)4(10)2-8;4-2-1-7-5-3(2)6/h2-4,14H,5-7H2,1H3,(H2,17,24)(H,18,20)(H,21,22);3-12H,1-2H2;2H,1,4H2,(H,5,6)/t14-,16+;3-,4-,5-,6-;2-/m111/s1. The molecule has 0 aromatic carbocycles. The molecule has 0 spiro atoms. The number of carboxylic acid groups (broad SMARTS) is 1. The zero-order valence-corrected chi connectivity index (χ0v) is 26.4. The second-order valence-electron chi connectivity index (χ2n) is 9.81. The summed E-state index contributed by atoms with van der Waals surface area (Å²) in [6.07, 6.45) is -7.37. The number of thioether (sulfide) groups is 1. The first-order valence-corrected chi connectivity index (χ1v) is 15.4. The molecule has 13 N–H and O–H groups in total. The lowest BCUT2D eigenvalue weighted by Crippen LogP contribution is -2.80. The first-order valence-electron chi connectivity index (χ1n) is 13.5. The molecule has 3 aliphatic rings. The third kappa shape index (κ3) is 10.0. The van der Waals surface area contributed by atoms with Crippen molar-refractivity contribution in [2.75, 3.05) is 39.3 Å². The summed E-state index contributed by atoms with van der Waals surface area (Å²) < 4.78 is 10.0. The molecular formula is C25H37N5O15S2. The van der Waals surface area contributed by atoms with Crippen LogP contribution in [0.2, 0.25) is 0 Å². The number of ether oxygens (including phenoxy) is 2. The van der Waals surface area contributed by atoms with Gasteiger partial charge in [0.05, 0.1) is 26.2 Å². The highest BCUT2D eigenvalue weighted by Crippen LogP contribution is 2.46. The van der Waals surface area contributed by atoms with Crippen molar-refractivity contribution >= 4 is 52.9 Å². The number of carbonyl (C=O) groups is 5. The number of nitrogens with zero attached hydrogens (tertiary/aromatic N) is 1. The number of nitrogens with two attached hydrogens (primary N) is 2. The summed E-state index contributed by atoms with van der Waals surface area (Å²) in [5.41, 5.74) is 10.4. The number of hydroxylamine groups is 1. The molecule has 7 atom stereocenters. The van der Waals surface area contributed by atoms with Gasteiger partial charge in [-0.3, -0.25) is 24.1 Å². The van der Waals surface area contributed by atoms with Crippen molar-refractivity contribution in [1.29, 1.82) is 0 Å². The van der Waals surface area contributed by atoms with Crippen LogP contribution in [0.5, 0.6) is 0 Å². The minimum absolute atomic E-state index is 0.0762. The summed E-state index contributed by atoms with van der Waals surface area (Å²) in [5, 5.41) is 65.4. The van der Waals surface area contributed by atoms with E-state index in [2.05, 4.69) is 20.4 Å². The Morgan fingerprint density at radius 3 is 2.19 bits per heavy atom. The predicted octanol–water partition coefficient (Wildman–Crippen LogP) is -5.11. The van der Waals surface area contributed by atoms with Crippen LogP contribution in [-0.2, 0) is 39.9 Å². The van der Waals surface area contributed by atoms with Crippen LogP contribution >= 0.6 is 23.1 Å². The fraction of sp³-hybridized carbons (Fsp3) is 0.560. The van der Waals surface area contributed by atoms with E-state index in [4.69, 9.17) is 46.8 Å². The maximum Gasteiger partial charge on any atom is 0.404 e. The average molecular weight is 712 g/mol. The Labute approximate surface area is 274 Å². The molecule has 0 radical (unpaired) electrons. The van der Waals surface area contributed by atoms with Crippen LogP contribution in [0.25, 0.3) is 0 Å². The number of methoxy groups -OCH3 is 1. The number of amides is 4. The zero-order valence-electron chi connectivity index (χ0n) is 24.8. The Bertz CT molecular complexity index is 1270. The number of thiophene rings is 1. The summed E-state index contributed by atoms with van der Waals surface area (Å²) >= 11 is 2.60. The van der Waals surface area contributed by atoms with Gasteiger partial charge in [-0.1, -0.05) is 6.07 Å². The van der Waals surface area contributed by atoms with Gasteiger partial charge in [0.25, 0.3) is 17.5 Å². The Morgan fingerprint density at radius 2 is 1.79 bits per heavy atom.